The van der Waals surface area contributed by atoms with Crippen LogP contribution in [0.3, 0.4) is 0 Å². The van der Waals surface area contributed by atoms with Gasteiger partial charge in [0.25, 0.3) is 6.26 Å². The summed E-state index contributed by atoms with van der Waals surface area (Å²) in [7, 11) is 2.58. The van der Waals surface area contributed by atoms with Crippen LogP contribution >= 0.6 is 0 Å². The van der Waals surface area contributed by atoms with Gasteiger partial charge in [-0.15, -0.1) is 0 Å². The Labute approximate surface area is 424 Å². The molecule has 2 saturated heterocycles. The molecule has 29 heteroatoms. The third-order valence-electron chi connectivity index (χ3n) is 11.0. The molecule has 0 aromatic carbocycles. The lowest BCUT2D eigenvalue weighted by molar-refractivity contribution is -0.328. The van der Waals surface area contributed by atoms with Gasteiger partial charge in [0, 0.05) is 56.5 Å². The molecule has 12 atom stereocenters. The molecule has 0 saturated carbocycles. The number of aliphatic hydroxyl groups excluding tert-OH is 5. The number of nitrogens with zero attached hydrogens (tertiary/aromatic N) is 7. The van der Waals surface area contributed by atoms with Crippen LogP contribution in [0.5, 0.6) is 0 Å². The van der Waals surface area contributed by atoms with Gasteiger partial charge in [-0.2, -0.15) is 5.26 Å². The minimum absolute atomic E-state index is 0.0941. The van der Waals surface area contributed by atoms with Crippen LogP contribution in [0.1, 0.15) is 104 Å². The molecule has 3 amide bonds. The highest BCUT2D eigenvalue weighted by Crippen LogP contribution is 2.27. The third kappa shape index (κ3) is 27.0. The molecule has 2 rings (SSSR count). The maximum Gasteiger partial charge on any atom is 0.407 e. The summed E-state index contributed by atoms with van der Waals surface area (Å²) in [4.78, 5) is 66.5. The number of alkyl carbamates (subject to hydrolysis) is 1. The molecule has 0 spiro atoms. The van der Waals surface area contributed by atoms with Crippen molar-refractivity contribution in [3.8, 4) is 6.26 Å². The number of nitrogens with one attached hydrogen (secondary N) is 3. The van der Waals surface area contributed by atoms with Crippen molar-refractivity contribution in [3.63, 3.8) is 0 Å². The molecule has 416 valence electrons. The van der Waals surface area contributed by atoms with Gasteiger partial charge >= 0.3 is 18.0 Å². The molecule has 0 aromatic heterocycles. The smallest absolute Gasteiger partial charge is 0.407 e. The van der Waals surface area contributed by atoms with E-state index < -0.39 is 98.1 Å². The van der Waals surface area contributed by atoms with Gasteiger partial charge in [0.2, 0.25) is 11.8 Å². The third-order valence-corrected chi connectivity index (χ3v) is 11.0. The average Bonchev–Trinajstić information content (AvgIpc) is 3.37. The number of methoxy groups -OCH3 is 2. The fourth-order valence-electron chi connectivity index (χ4n) is 7.21. The molecule has 4 unspecified atom stereocenters. The van der Waals surface area contributed by atoms with E-state index in [-0.39, 0.29) is 51.0 Å². The molecule has 2 heterocycles. The number of carbonyl (C=O) groups is 5. The molecule has 2 aliphatic heterocycles. The molecule has 0 aromatic rings. The number of esters is 2. The molecule has 73 heavy (non-hydrogen) atoms. The highest BCUT2D eigenvalue weighted by molar-refractivity contribution is 5.85. The molecule has 2 aliphatic rings. The zero-order valence-corrected chi connectivity index (χ0v) is 42.1. The second-order valence-electron chi connectivity index (χ2n) is 16.6. The lowest BCUT2D eigenvalue weighted by Gasteiger charge is -2.43. The Balaban J connectivity index is 0.000000932. The van der Waals surface area contributed by atoms with Gasteiger partial charge in [-0.1, -0.05) is 23.1 Å². The molecule has 8 N–H and O–H groups in total. The maximum absolute atomic E-state index is 12.6. The highest BCUT2D eigenvalue weighted by atomic mass is 16.7. The number of azide groups is 2. The zero-order valence-electron chi connectivity index (χ0n) is 42.1. The van der Waals surface area contributed by atoms with Gasteiger partial charge < -0.3 is 84.1 Å². The largest absolute Gasteiger partial charge is 0.464 e. The first-order chi connectivity index (χ1) is 35.1. The topological polar surface area (TPSA) is 427 Å². The standard InChI is InChI=1S/C29H51N5O15.C15H25N5O4/c1-4-45-26(41)16(33-19(35)11-6-5-8-13-32-34-30)10-7-9-12-31-29(42)49-25-21(37)18(47-27(44-3)24(25)40)15-46-28-23(39)22(38)20(36)17(48-28)14-43-2;1-2-24-15(22)13(8-5-7-11-23-12-16)19-14(21)9-4-3-6-10-18-20-17/h16-18,20-25,27-28,36-40H,4-15H2,1-3H3,(H,31,42)(H,33,35);13H,2-11H2,1H3,(H,19,21)/t16-,17?,18?,20+,21+,22-,23?,24?,25-,27-,28-;13-/m00/s1. The monoisotopic (exact) mass is 1050 g/mol. The van der Waals surface area contributed by atoms with Crippen molar-refractivity contribution in [1.29, 1.82) is 5.26 Å². The number of unbranched alkanes of at least 4 members (excludes halogenated alkanes) is 6. The van der Waals surface area contributed by atoms with E-state index in [1.807, 2.05) is 0 Å². The molecular weight excluding hydrogens is 973 g/mol. The fraction of sp³-hybridized carbons (Fsp3) is 0.864. The molecule has 0 aliphatic carbocycles. The van der Waals surface area contributed by atoms with Gasteiger partial charge in [-0.25, -0.2) is 14.4 Å². The number of ether oxygens (including phenoxy) is 9. The summed E-state index contributed by atoms with van der Waals surface area (Å²) in [5.41, 5.74) is 16.5. The van der Waals surface area contributed by atoms with Crippen molar-refractivity contribution >= 4 is 29.8 Å². The van der Waals surface area contributed by atoms with Gasteiger partial charge in [0.1, 0.15) is 61.4 Å². The van der Waals surface area contributed by atoms with Gasteiger partial charge in [0.15, 0.2) is 18.7 Å². The Morgan fingerprint density at radius 1 is 0.671 bits per heavy atom. The van der Waals surface area contributed by atoms with Gasteiger partial charge in [-0.05, 0) is 89.1 Å². The normalized spacial score (nSPS) is 24.0. The minimum Gasteiger partial charge on any atom is -0.464 e. The average molecular weight is 1050 g/mol. The predicted molar refractivity (Wildman–Crippen MR) is 252 cm³/mol. The molecule has 0 radical (unpaired) electrons. The first-order valence-electron chi connectivity index (χ1n) is 24.4. The van der Waals surface area contributed by atoms with Crippen LogP contribution in [0.15, 0.2) is 10.2 Å². The van der Waals surface area contributed by atoms with Crippen LogP contribution in [-0.2, 0) is 61.8 Å². The van der Waals surface area contributed by atoms with E-state index in [9.17, 15) is 49.5 Å². The summed E-state index contributed by atoms with van der Waals surface area (Å²) in [6.45, 7) is 4.34. The maximum atomic E-state index is 12.6. The van der Waals surface area contributed by atoms with E-state index in [0.29, 0.717) is 83.9 Å². The van der Waals surface area contributed by atoms with Crippen LogP contribution in [0, 0.1) is 11.5 Å². The van der Waals surface area contributed by atoms with Crippen LogP contribution in [-0.4, -0.2) is 196 Å². The summed E-state index contributed by atoms with van der Waals surface area (Å²) >= 11 is 0. The van der Waals surface area contributed by atoms with Crippen LogP contribution in [0.4, 0.5) is 4.79 Å². The molecule has 0 bridgehead atoms. The zero-order chi connectivity index (χ0) is 54.4. The summed E-state index contributed by atoms with van der Waals surface area (Å²) in [6.07, 6.45) is -6.58. The molecule has 2 fully saturated rings. The Morgan fingerprint density at radius 2 is 1.21 bits per heavy atom. The molecular formula is C44H76N10O19. The second kappa shape index (κ2) is 40.1. The SMILES string of the molecule is CCOC(=O)[C@H](CCCCNC(=O)O[C@@H]1C(O)[C@@H](OC)OC(CO[C@H]2OC(COC)[C@@H](O)[C@H](O)C2O)[C@H]1O)NC(=O)CCCCCN=[N+]=[N-].CCOC(=O)[C@H](CCCCOC#N)NC(=O)CCCCCN=[N+]=[N-]. The Hall–Kier alpha value is -5.34. The van der Waals surface area contributed by atoms with E-state index >= 15 is 0 Å². The lowest BCUT2D eigenvalue weighted by Crippen LogP contribution is -2.62. The number of hydrogen-bond donors (Lipinski definition) is 8. The first-order valence-corrected chi connectivity index (χ1v) is 24.4. The van der Waals surface area contributed by atoms with Crippen molar-refractivity contribution < 1.29 is 92.1 Å². The second-order valence-corrected chi connectivity index (χ2v) is 16.6. The predicted octanol–water partition coefficient (Wildman–Crippen LogP) is 1.31. The summed E-state index contributed by atoms with van der Waals surface area (Å²) in [5, 5.41) is 75.1. The minimum atomic E-state index is -1.65. The Bertz CT molecular complexity index is 1740. The van der Waals surface area contributed by atoms with Crippen molar-refractivity contribution in [1.82, 2.24) is 16.0 Å². The van der Waals surface area contributed by atoms with E-state index in [1.165, 1.54) is 14.2 Å². The quantitative estimate of drug-likeness (QED) is 0.00843. The number of carbonyl (C=O) groups excluding carboxylic acids is 5. The first kappa shape index (κ1) is 65.7. The van der Waals surface area contributed by atoms with E-state index in [0.717, 1.165) is 12.8 Å². The number of aliphatic hydroxyl groups is 5. The van der Waals surface area contributed by atoms with Crippen molar-refractivity contribution in [2.24, 2.45) is 10.2 Å². The highest BCUT2D eigenvalue weighted by Gasteiger charge is 2.49. The number of hydrogen-bond acceptors (Lipinski definition) is 22. The van der Waals surface area contributed by atoms with E-state index in [4.69, 9.17) is 54.2 Å². The summed E-state index contributed by atoms with van der Waals surface area (Å²) in [5.74, 6) is -1.54. The summed E-state index contributed by atoms with van der Waals surface area (Å²) < 4.78 is 46.6. The lowest BCUT2D eigenvalue weighted by atomic mass is 9.98. The van der Waals surface area contributed by atoms with Crippen LogP contribution in [0.2, 0.25) is 0 Å². The van der Waals surface area contributed by atoms with E-state index in [1.54, 1.807) is 20.1 Å². The van der Waals surface area contributed by atoms with Gasteiger partial charge in [0.05, 0.1) is 26.4 Å². The van der Waals surface area contributed by atoms with Crippen LogP contribution in [0.25, 0.3) is 20.9 Å². The van der Waals surface area contributed by atoms with Gasteiger partial charge in [-0.3, -0.25) is 9.59 Å². The Kier molecular flexibility index (Phi) is 36.1. The van der Waals surface area contributed by atoms with E-state index in [2.05, 4.69) is 40.7 Å². The number of nitriles is 1. The number of rotatable bonds is 35. The molecule has 29 nitrogen and oxygen atoms in total. The van der Waals surface area contributed by atoms with Crippen LogP contribution < -0.4 is 16.0 Å². The fourth-order valence-corrected chi connectivity index (χ4v) is 7.21. The van der Waals surface area contributed by atoms with Crippen molar-refractivity contribution in [3.05, 3.63) is 20.9 Å². The van der Waals surface area contributed by atoms with Crippen molar-refractivity contribution in [2.75, 3.05) is 66.9 Å². The Morgan fingerprint density at radius 3 is 1.71 bits per heavy atom. The number of amides is 3. The summed E-state index contributed by atoms with van der Waals surface area (Å²) in [6, 6.07) is -1.55. The van der Waals surface area contributed by atoms with Crippen molar-refractivity contribution in [2.45, 2.75) is 177 Å².